The van der Waals surface area contributed by atoms with Gasteiger partial charge in [-0.15, -0.1) is 12.4 Å². The monoisotopic (exact) mass is 365 g/mol. The third-order valence-corrected chi connectivity index (χ3v) is 5.47. The van der Waals surface area contributed by atoms with Crippen molar-refractivity contribution in [2.24, 2.45) is 11.7 Å². The lowest BCUT2D eigenvalue weighted by Crippen LogP contribution is -2.55. The molecule has 1 saturated heterocycles. The molecule has 138 valence electrons. The van der Waals surface area contributed by atoms with Crippen LogP contribution in [0.5, 0.6) is 0 Å². The smallest absolute Gasteiger partial charge is 0.233 e. The highest BCUT2D eigenvalue weighted by Gasteiger charge is 2.48. The molecule has 0 aromatic heterocycles. The summed E-state index contributed by atoms with van der Waals surface area (Å²) in [4.78, 5) is 27.4. The molecule has 2 aliphatic rings. The molecule has 6 heteroatoms. The number of nitrogens with one attached hydrogen (secondary N) is 1. The van der Waals surface area contributed by atoms with Gasteiger partial charge < -0.3 is 16.0 Å². The first-order valence-corrected chi connectivity index (χ1v) is 9.00. The van der Waals surface area contributed by atoms with Crippen LogP contribution in [0.2, 0.25) is 0 Å². The molecule has 1 atom stereocenters. The van der Waals surface area contributed by atoms with Crippen LogP contribution >= 0.6 is 12.4 Å². The Morgan fingerprint density at radius 2 is 1.92 bits per heavy atom. The van der Waals surface area contributed by atoms with Gasteiger partial charge in [-0.25, -0.2) is 0 Å². The number of amides is 2. The Morgan fingerprint density at radius 1 is 1.20 bits per heavy atom. The number of benzene rings is 1. The van der Waals surface area contributed by atoms with Gasteiger partial charge in [0.1, 0.15) is 0 Å². The number of likely N-dealkylation sites (tertiary alicyclic amines) is 1. The van der Waals surface area contributed by atoms with Crippen molar-refractivity contribution in [2.75, 3.05) is 26.2 Å². The average Bonchev–Trinajstić information content (AvgIpc) is 2.59. The molecule has 1 heterocycles. The molecule has 3 N–H and O–H groups in total. The molecule has 2 fully saturated rings. The van der Waals surface area contributed by atoms with E-state index in [1.165, 1.54) is 0 Å². The highest BCUT2D eigenvalue weighted by atomic mass is 35.5. The van der Waals surface area contributed by atoms with Gasteiger partial charge in [-0.3, -0.25) is 9.59 Å². The number of piperidine rings is 1. The number of rotatable bonds is 5. The van der Waals surface area contributed by atoms with Crippen molar-refractivity contribution in [2.45, 2.75) is 37.5 Å². The molecule has 0 bridgehead atoms. The number of carbonyl (C=O) groups is 2. The number of halogens is 1. The van der Waals surface area contributed by atoms with Crippen LogP contribution in [0.3, 0.4) is 0 Å². The molecule has 1 aromatic carbocycles. The minimum atomic E-state index is -0.364. The fraction of sp³-hybridized carbons (Fsp3) is 0.579. The van der Waals surface area contributed by atoms with Crippen molar-refractivity contribution in [3.05, 3.63) is 35.9 Å². The molecule has 2 amide bonds. The van der Waals surface area contributed by atoms with E-state index >= 15 is 0 Å². The summed E-state index contributed by atoms with van der Waals surface area (Å²) in [6, 6.07) is 10.1. The van der Waals surface area contributed by atoms with Crippen LogP contribution in [-0.4, -0.2) is 42.9 Å². The highest BCUT2D eigenvalue weighted by molar-refractivity contribution is 5.90. The average molecular weight is 366 g/mol. The molecular weight excluding hydrogens is 338 g/mol. The first-order valence-electron chi connectivity index (χ1n) is 9.00. The summed E-state index contributed by atoms with van der Waals surface area (Å²) < 4.78 is 0. The van der Waals surface area contributed by atoms with Gasteiger partial charge in [0.25, 0.3) is 0 Å². The van der Waals surface area contributed by atoms with Gasteiger partial charge in [0, 0.05) is 26.2 Å². The Balaban J connectivity index is 0.00000225. The summed E-state index contributed by atoms with van der Waals surface area (Å²) in [5, 5.41) is 2.86. The second-order valence-electron chi connectivity index (χ2n) is 6.97. The summed E-state index contributed by atoms with van der Waals surface area (Å²) in [6.45, 7) is 2.23. The van der Waals surface area contributed by atoms with E-state index in [9.17, 15) is 9.59 Å². The van der Waals surface area contributed by atoms with Gasteiger partial charge in [0.2, 0.25) is 11.8 Å². The van der Waals surface area contributed by atoms with Gasteiger partial charge in [0.15, 0.2) is 0 Å². The van der Waals surface area contributed by atoms with E-state index in [-0.39, 0.29) is 35.6 Å². The lowest BCUT2D eigenvalue weighted by Gasteiger charge is -2.45. The Hall–Kier alpha value is -1.59. The normalized spacial score (nSPS) is 21.6. The molecule has 1 unspecified atom stereocenters. The maximum Gasteiger partial charge on any atom is 0.233 e. The standard InChI is InChI=1S/C19H27N3O2.ClH/c20-11-12-21-17(23)15-6-4-13-22(14-15)18(24)19(9-5-10-19)16-7-2-1-3-8-16;/h1-3,7-8,15H,4-6,9-14,20H2,(H,21,23);1H. The van der Waals surface area contributed by atoms with E-state index in [1.54, 1.807) is 0 Å². The van der Waals surface area contributed by atoms with E-state index in [0.717, 1.165) is 44.2 Å². The SMILES string of the molecule is Cl.NCCNC(=O)C1CCCN(C(=O)C2(c3ccccc3)CCC2)C1. The second kappa shape index (κ2) is 8.68. The summed E-state index contributed by atoms with van der Waals surface area (Å²) >= 11 is 0. The molecule has 5 nitrogen and oxygen atoms in total. The molecule has 0 radical (unpaired) electrons. The zero-order chi connectivity index (χ0) is 17.0. The van der Waals surface area contributed by atoms with Gasteiger partial charge in [-0.1, -0.05) is 36.8 Å². The molecule has 25 heavy (non-hydrogen) atoms. The lowest BCUT2D eigenvalue weighted by molar-refractivity contribution is -0.144. The van der Waals surface area contributed by atoms with Crippen molar-refractivity contribution in [1.82, 2.24) is 10.2 Å². The van der Waals surface area contributed by atoms with Crippen LogP contribution in [0.25, 0.3) is 0 Å². The Morgan fingerprint density at radius 3 is 2.52 bits per heavy atom. The number of hydrogen-bond donors (Lipinski definition) is 2. The minimum Gasteiger partial charge on any atom is -0.355 e. The van der Waals surface area contributed by atoms with E-state index in [2.05, 4.69) is 17.4 Å². The lowest BCUT2D eigenvalue weighted by atomic mass is 9.63. The van der Waals surface area contributed by atoms with Crippen molar-refractivity contribution in [1.29, 1.82) is 0 Å². The van der Waals surface area contributed by atoms with Crippen LogP contribution < -0.4 is 11.1 Å². The van der Waals surface area contributed by atoms with Crippen LogP contribution in [0.15, 0.2) is 30.3 Å². The van der Waals surface area contributed by atoms with Crippen LogP contribution in [0.4, 0.5) is 0 Å². The zero-order valence-electron chi connectivity index (χ0n) is 14.6. The topological polar surface area (TPSA) is 75.4 Å². The molecule has 1 aliphatic carbocycles. The molecule has 1 aliphatic heterocycles. The Labute approximate surface area is 155 Å². The third kappa shape index (κ3) is 3.98. The van der Waals surface area contributed by atoms with E-state index in [1.807, 2.05) is 23.1 Å². The fourth-order valence-electron chi connectivity index (χ4n) is 3.93. The van der Waals surface area contributed by atoms with Crippen molar-refractivity contribution in [3.8, 4) is 0 Å². The fourth-order valence-corrected chi connectivity index (χ4v) is 3.93. The molecule has 3 rings (SSSR count). The summed E-state index contributed by atoms with van der Waals surface area (Å²) in [6.07, 6.45) is 4.65. The Bertz CT molecular complexity index is 590. The van der Waals surface area contributed by atoms with Gasteiger partial charge in [-0.2, -0.15) is 0 Å². The zero-order valence-corrected chi connectivity index (χ0v) is 15.4. The number of hydrogen-bond acceptors (Lipinski definition) is 3. The number of nitrogens with two attached hydrogens (primary N) is 1. The number of carbonyl (C=O) groups excluding carboxylic acids is 2. The van der Waals surface area contributed by atoms with E-state index in [0.29, 0.717) is 19.6 Å². The first kappa shape index (κ1) is 19.7. The Kier molecular flexibility index (Phi) is 6.85. The van der Waals surface area contributed by atoms with Gasteiger partial charge in [0.05, 0.1) is 11.3 Å². The summed E-state index contributed by atoms with van der Waals surface area (Å²) in [7, 11) is 0. The number of nitrogens with zero attached hydrogens (tertiary/aromatic N) is 1. The maximum absolute atomic E-state index is 13.3. The quantitative estimate of drug-likeness (QED) is 0.836. The maximum atomic E-state index is 13.3. The van der Waals surface area contributed by atoms with Crippen LogP contribution in [-0.2, 0) is 15.0 Å². The molecule has 0 spiro atoms. The van der Waals surface area contributed by atoms with Crippen LogP contribution in [0.1, 0.15) is 37.7 Å². The van der Waals surface area contributed by atoms with Crippen LogP contribution in [0, 0.1) is 5.92 Å². The van der Waals surface area contributed by atoms with Gasteiger partial charge in [-0.05, 0) is 31.2 Å². The predicted octanol–water partition coefficient (Wildman–Crippen LogP) is 1.84. The van der Waals surface area contributed by atoms with Crippen molar-refractivity contribution >= 4 is 24.2 Å². The molecule has 1 saturated carbocycles. The van der Waals surface area contributed by atoms with E-state index in [4.69, 9.17) is 5.73 Å². The first-order chi connectivity index (χ1) is 11.7. The van der Waals surface area contributed by atoms with Crippen molar-refractivity contribution in [3.63, 3.8) is 0 Å². The molecular formula is C19H28ClN3O2. The second-order valence-corrected chi connectivity index (χ2v) is 6.97. The van der Waals surface area contributed by atoms with E-state index < -0.39 is 0 Å². The minimum absolute atomic E-state index is 0. The summed E-state index contributed by atoms with van der Waals surface area (Å²) in [5.41, 5.74) is 6.21. The van der Waals surface area contributed by atoms with Gasteiger partial charge >= 0.3 is 0 Å². The largest absolute Gasteiger partial charge is 0.355 e. The summed E-state index contributed by atoms with van der Waals surface area (Å²) in [5.74, 6) is 0.124. The van der Waals surface area contributed by atoms with Crippen molar-refractivity contribution < 1.29 is 9.59 Å². The third-order valence-electron chi connectivity index (χ3n) is 5.47. The predicted molar refractivity (Wildman–Crippen MR) is 101 cm³/mol. The highest BCUT2D eigenvalue weighted by Crippen LogP contribution is 2.45. The molecule has 1 aromatic rings.